The first-order valence-electron chi connectivity index (χ1n) is 13.8. The molecular weight excluding hydrogens is 564 g/mol. The van der Waals surface area contributed by atoms with Crippen LogP contribution in [0.15, 0.2) is 65.7 Å². The summed E-state index contributed by atoms with van der Waals surface area (Å²) in [5.74, 6) is -1.46. The van der Waals surface area contributed by atoms with Gasteiger partial charge < -0.3 is 25.8 Å². The number of nitrogens with zero attached hydrogens (tertiary/aromatic N) is 1. The summed E-state index contributed by atoms with van der Waals surface area (Å²) in [6, 6.07) is 15.3. The fourth-order valence-electron chi connectivity index (χ4n) is 4.03. The van der Waals surface area contributed by atoms with Crippen LogP contribution in [-0.4, -0.2) is 55.3 Å². The Morgan fingerprint density at radius 1 is 0.886 bits per heavy atom. The SMILES string of the molecule is COC(=O)c1cc(C(=O)NCC(C)C)ccc1-c1ccc(C=O)cc1C(=O)Nc1ccc(C(N)=NC(=O)OC(C)(C)C)cc1. The number of amides is 3. The predicted octanol–water partition coefficient (Wildman–Crippen LogP) is 5.23. The van der Waals surface area contributed by atoms with Crippen molar-refractivity contribution in [1.82, 2.24) is 5.32 Å². The third-order valence-corrected chi connectivity index (χ3v) is 6.12. The summed E-state index contributed by atoms with van der Waals surface area (Å²) in [7, 11) is 1.22. The molecule has 3 amide bonds. The summed E-state index contributed by atoms with van der Waals surface area (Å²) >= 11 is 0. The maximum absolute atomic E-state index is 13.5. The van der Waals surface area contributed by atoms with Gasteiger partial charge in [0, 0.05) is 34.5 Å². The number of amidine groups is 1. The first-order valence-corrected chi connectivity index (χ1v) is 13.8. The van der Waals surface area contributed by atoms with Crippen molar-refractivity contribution in [2.75, 3.05) is 19.0 Å². The van der Waals surface area contributed by atoms with Gasteiger partial charge in [0.1, 0.15) is 17.7 Å². The van der Waals surface area contributed by atoms with Crippen LogP contribution < -0.4 is 16.4 Å². The van der Waals surface area contributed by atoms with E-state index >= 15 is 0 Å². The molecule has 230 valence electrons. The van der Waals surface area contributed by atoms with E-state index in [-0.39, 0.29) is 39.9 Å². The fourth-order valence-corrected chi connectivity index (χ4v) is 4.03. The molecule has 0 unspecified atom stereocenters. The van der Waals surface area contributed by atoms with Crippen molar-refractivity contribution in [3.63, 3.8) is 0 Å². The van der Waals surface area contributed by atoms with Gasteiger partial charge in [-0.05, 0) is 80.3 Å². The predicted molar refractivity (Wildman–Crippen MR) is 167 cm³/mol. The van der Waals surface area contributed by atoms with Crippen molar-refractivity contribution >= 4 is 41.7 Å². The Kier molecular flexibility index (Phi) is 10.7. The van der Waals surface area contributed by atoms with E-state index in [4.69, 9.17) is 15.2 Å². The van der Waals surface area contributed by atoms with Crippen LogP contribution in [-0.2, 0) is 9.47 Å². The molecule has 0 aliphatic carbocycles. The molecule has 44 heavy (non-hydrogen) atoms. The topological polar surface area (TPSA) is 166 Å². The number of anilines is 1. The molecule has 3 aromatic carbocycles. The van der Waals surface area contributed by atoms with Crippen molar-refractivity contribution in [2.24, 2.45) is 16.6 Å². The van der Waals surface area contributed by atoms with E-state index in [2.05, 4.69) is 15.6 Å². The van der Waals surface area contributed by atoms with Gasteiger partial charge in [-0.15, -0.1) is 0 Å². The van der Waals surface area contributed by atoms with Crippen LogP contribution in [0.4, 0.5) is 10.5 Å². The molecule has 0 aliphatic rings. The highest BCUT2D eigenvalue weighted by Gasteiger charge is 2.22. The van der Waals surface area contributed by atoms with Crippen molar-refractivity contribution in [3.8, 4) is 11.1 Å². The van der Waals surface area contributed by atoms with Crippen molar-refractivity contribution < 1.29 is 33.4 Å². The Morgan fingerprint density at radius 2 is 1.50 bits per heavy atom. The third-order valence-electron chi connectivity index (χ3n) is 6.12. The second kappa shape index (κ2) is 14.2. The maximum Gasteiger partial charge on any atom is 0.436 e. The number of aliphatic imine (C=N–C) groups is 1. The van der Waals surface area contributed by atoms with Gasteiger partial charge in [-0.2, -0.15) is 4.99 Å². The number of carbonyl (C=O) groups is 5. The maximum atomic E-state index is 13.5. The molecule has 3 rings (SSSR count). The van der Waals surface area contributed by atoms with E-state index in [9.17, 15) is 24.0 Å². The van der Waals surface area contributed by atoms with Crippen molar-refractivity contribution in [2.45, 2.75) is 40.2 Å². The van der Waals surface area contributed by atoms with Gasteiger partial charge in [0.25, 0.3) is 11.8 Å². The highest BCUT2D eigenvalue weighted by molar-refractivity contribution is 6.12. The van der Waals surface area contributed by atoms with Crippen LogP contribution in [0.3, 0.4) is 0 Å². The van der Waals surface area contributed by atoms with Gasteiger partial charge in [0.2, 0.25) is 0 Å². The Morgan fingerprint density at radius 3 is 2.09 bits per heavy atom. The molecule has 0 spiro atoms. The number of rotatable bonds is 9. The molecule has 0 saturated carbocycles. The zero-order valence-electron chi connectivity index (χ0n) is 25.5. The molecule has 4 N–H and O–H groups in total. The molecule has 0 aliphatic heterocycles. The monoisotopic (exact) mass is 600 g/mol. The third kappa shape index (κ3) is 8.84. The number of ether oxygens (including phenoxy) is 2. The average Bonchev–Trinajstić information content (AvgIpc) is 2.98. The highest BCUT2D eigenvalue weighted by atomic mass is 16.6. The first-order chi connectivity index (χ1) is 20.7. The van der Waals surface area contributed by atoms with Gasteiger partial charge in [0.05, 0.1) is 12.7 Å². The molecular formula is C33H36N4O7. The number of esters is 1. The minimum Gasteiger partial charge on any atom is -0.465 e. The zero-order chi connectivity index (χ0) is 32.6. The van der Waals surface area contributed by atoms with Crippen molar-refractivity contribution in [3.05, 3.63) is 88.5 Å². The van der Waals surface area contributed by atoms with Gasteiger partial charge in [0.15, 0.2) is 0 Å². The number of hydrogen-bond donors (Lipinski definition) is 3. The number of carbonyl (C=O) groups excluding carboxylic acids is 5. The standard InChI is InChI=1S/C33H36N4O7/c1-19(2)17-35-29(39)22-10-14-25(27(16-22)31(41)43-6)24-13-7-20(18-38)15-26(24)30(40)36-23-11-8-21(9-12-23)28(34)37-32(42)44-33(3,4)5/h7-16,18-19H,17H2,1-6H3,(H,35,39)(H,36,40)(H2,34,37,42). The molecule has 0 atom stereocenters. The molecule has 11 nitrogen and oxygen atoms in total. The lowest BCUT2D eigenvalue weighted by molar-refractivity contribution is 0.0592. The van der Waals surface area contributed by atoms with Crippen LogP contribution in [0.2, 0.25) is 0 Å². The van der Waals surface area contributed by atoms with E-state index in [1.807, 2.05) is 13.8 Å². The lowest BCUT2D eigenvalue weighted by atomic mass is 9.92. The summed E-state index contributed by atoms with van der Waals surface area (Å²) in [5, 5.41) is 5.58. The lowest BCUT2D eigenvalue weighted by Crippen LogP contribution is -2.27. The molecule has 0 saturated heterocycles. The van der Waals surface area contributed by atoms with Crippen LogP contribution >= 0.6 is 0 Å². The van der Waals surface area contributed by atoms with Gasteiger partial charge in [-0.1, -0.05) is 32.0 Å². The number of nitrogens with one attached hydrogen (secondary N) is 2. The summed E-state index contributed by atoms with van der Waals surface area (Å²) in [4.78, 5) is 66.3. The Bertz CT molecular complexity index is 1600. The molecule has 0 aromatic heterocycles. The number of benzene rings is 3. The quantitative estimate of drug-likeness (QED) is 0.130. The summed E-state index contributed by atoms with van der Waals surface area (Å²) < 4.78 is 10.1. The minimum atomic E-state index is -0.828. The molecule has 3 aromatic rings. The van der Waals surface area contributed by atoms with E-state index < -0.39 is 23.6 Å². The second-order valence-corrected chi connectivity index (χ2v) is 11.3. The number of hydrogen-bond acceptors (Lipinski definition) is 7. The van der Waals surface area contributed by atoms with Crippen LogP contribution in [0.25, 0.3) is 11.1 Å². The number of methoxy groups -OCH3 is 1. The first kappa shape index (κ1) is 33.2. The largest absolute Gasteiger partial charge is 0.465 e. The minimum absolute atomic E-state index is 0.0604. The van der Waals surface area contributed by atoms with Gasteiger partial charge >= 0.3 is 12.1 Å². The zero-order valence-corrected chi connectivity index (χ0v) is 25.5. The highest BCUT2D eigenvalue weighted by Crippen LogP contribution is 2.30. The fraction of sp³-hybridized carbons (Fsp3) is 0.273. The van der Waals surface area contributed by atoms with E-state index in [1.165, 1.54) is 25.3 Å². The van der Waals surface area contributed by atoms with Crippen LogP contribution in [0.5, 0.6) is 0 Å². The summed E-state index contributed by atoms with van der Waals surface area (Å²) in [6.07, 6.45) is -0.226. The second-order valence-electron chi connectivity index (χ2n) is 11.3. The van der Waals surface area contributed by atoms with E-state index in [0.717, 1.165) is 0 Å². The van der Waals surface area contributed by atoms with E-state index in [0.29, 0.717) is 35.2 Å². The van der Waals surface area contributed by atoms with Crippen LogP contribution in [0, 0.1) is 5.92 Å². The lowest BCUT2D eigenvalue weighted by Gasteiger charge is -2.17. The molecule has 0 bridgehead atoms. The van der Waals surface area contributed by atoms with Gasteiger partial charge in [-0.25, -0.2) is 9.59 Å². The summed E-state index contributed by atoms with van der Waals surface area (Å²) in [5.41, 5.74) is 7.38. The van der Waals surface area contributed by atoms with Crippen LogP contribution in [0.1, 0.15) is 81.6 Å². The Labute approximate surface area is 255 Å². The average molecular weight is 601 g/mol. The number of nitrogens with two attached hydrogens (primary N) is 1. The molecule has 11 heteroatoms. The summed E-state index contributed by atoms with van der Waals surface area (Å²) in [6.45, 7) is 9.51. The Hall–Kier alpha value is -5.32. The van der Waals surface area contributed by atoms with Gasteiger partial charge in [-0.3, -0.25) is 14.4 Å². The van der Waals surface area contributed by atoms with E-state index in [1.54, 1.807) is 63.2 Å². The normalized spacial score (nSPS) is 11.5. The van der Waals surface area contributed by atoms with Crippen molar-refractivity contribution in [1.29, 1.82) is 0 Å². The smallest absolute Gasteiger partial charge is 0.436 e. The molecule has 0 radical (unpaired) electrons. The number of aldehydes is 1. The molecule has 0 heterocycles. The Balaban J connectivity index is 1.95. The molecule has 0 fully saturated rings.